The third-order valence-corrected chi connectivity index (χ3v) is 2.95. The van der Waals surface area contributed by atoms with E-state index in [4.69, 9.17) is 14.9 Å². The zero-order valence-corrected chi connectivity index (χ0v) is 12.0. The highest BCUT2D eigenvalue weighted by Gasteiger charge is 2.14. The zero-order chi connectivity index (χ0) is 15.8. The minimum absolute atomic E-state index is 0.0420. The highest BCUT2D eigenvalue weighted by molar-refractivity contribution is 5.75. The van der Waals surface area contributed by atoms with E-state index in [2.05, 4.69) is 10.6 Å². The van der Waals surface area contributed by atoms with Gasteiger partial charge >= 0.3 is 12.0 Å². The Morgan fingerprint density at radius 2 is 1.90 bits per heavy atom. The van der Waals surface area contributed by atoms with Gasteiger partial charge in [0.2, 0.25) is 0 Å². The Morgan fingerprint density at radius 1 is 1.29 bits per heavy atom. The smallest absolute Gasteiger partial charge is 0.332 e. The Kier molecular flexibility index (Phi) is 6.48. The molecule has 0 aliphatic rings. The number of amides is 2. The van der Waals surface area contributed by atoms with Crippen molar-refractivity contribution in [1.82, 2.24) is 10.6 Å². The second kappa shape index (κ2) is 8.11. The first kappa shape index (κ1) is 16.8. The summed E-state index contributed by atoms with van der Waals surface area (Å²) >= 11 is 0. The number of hydrogen-bond donors (Lipinski definition) is 4. The third-order valence-electron chi connectivity index (χ3n) is 2.95. The maximum atomic E-state index is 11.6. The van der Waals surface area contributed by atoms with Crippen molar-refractivity contribution >= 4 is 12.0 Å². The van der Waals surface area contributed by atoms with Crippen LogP contribution in [0.2, 0.25) is 0 Å². The Hall–Kier alpha value is -2.28. The van der Waals surface area contributed by atoms with Crippen LogP contribution < -0.4 is 15.4 Å². The average molecular weight is 296 g/mol. The number of carbonyl (C=O) groups excluding carboxylic acids is 1. The van der Waals surface area contributed by atoms with Gasteiger partial charge in [-0.3, -0.25) is 0 Å². The molecule has 4 N–H and O–H groups in total. The van der Waals surface area contributed by atoms with Crippen LogP contribution in [0, 0.1) is 0 Å². The summed E-state index contributed by atoms with van der Waals surface area (Å²) in [4.78, 5) is 22.0. The molecule has 0 aliphatic carbocycles. The predicted octanol–water partition coefficient (Wildman–Crippen LogP) is 0.891. The molecule has 0 aliphatic heterocycles. The Balaban J connectivity index is 2.37. The number of methoxy groups -OCH3 is 1. The average Bonchev–Trinajstić information content (AvgIpc) is 2.46. The molecule has 2 atom stereocenters. The van der Waals surface area contributed by atoms with Crippen molar-refractivity contribution in [2.24, 2.45) is 0 Å². The van der Waals surface area contributed by atoms with Crippen LogP contribution in [0.4, 0.5) is 4.79 Å². The Labute approximate surface area is 122 Å². The normalized spacial score (nSPS) is 13.1. The predicted molar refractivity (Wildman–Crippen MR) is 76.2 cm³/mol. The molecule has 116 valence electrons. The molecular formula is C14H20N2O5. The van der Waals surface area contributed by atoms with E-state index < -0.39 is 18.1 Å². The van der Waals surface area contributed by atoms with Gasteiger partial charge in [-0.05, 0) is 24.6 Å². The summed E-state index contributed by atoms with van der Waals surface area (Å²) in [6.07, 6.45) is -1.51. The summed E-state index contributed by atoms with van der Waals surface area (Å²) < 4.78 is 5.05. The maximum absolute atomic E-state index is 11.6. The lowest BCUT2D eigenvalue weighted by Gasteiger charge is -2.15. The van der Waals surface area contributed by atoms with Gasteiger partial charge in [-0.25, -0.2) is 9.59 Å². The lowest BCUT2D eigenvalue weighted by Crippen LogP contribution is -2.39. The van der Waals surface area contributed by atoms with Crippen LogP contribution in [-0.4, -0.2) is 42.0 Å². The number of ether oxygens (including phenoxy) is 1. The topological polar surface area (TPSA) is 108 Å². The van der Waals surface area contributed by atoms with E-state index in [1.165, 1.54) is 0 Å². The molecule has 0 heterocycles. The van der Waals surface area contributed by atoms with Crippen molar-refractivity contribution in [3.05, 3.63) is 29.8 Å². The number of urea groups is 1. The molecular weight excluding hydrogens is 276 g/mol. The number of aliphatic hydroxyl groups excluding tert-OH is 1. The summed E-state index contributed by atoms with van der Waals surface area (Å²) in [6, 6.07) is 6.66. The highest BCUT2D eigenvalue weighted by Crippen LogP contribution is 2.16. The zero-order valence-electron chi connectivity index (χ0n) is 12.0. The molecule has 0 fully saturated rings. The molecule has 1 aromatic rings. The number of aliphatic hydroxyl groups is 1. The van der Waals surface area contributed by atoms with Crippen molar-refractivity contribution in [2.75, 3.05) is 13.7 Å². The van der Waals surface area contributed by atoms with Gasteiger partial charge in [0.25, 0.3) is 0 Å². The van der Waals surface area contributed by atoms with Gasteiger partial charge in [0.15, 0.2) is 6.10 Å². The van der Waals surface area contributed by atoms with Gasteiger partial charge in [0.1, 0.15) is 5.75 Å². The van der Waals surface area contributed by atoms with E-state index in [-0.39, 0.29) is 19.0 Å². The SMILES string of the molecule is COc1ccc(C(C)NC(=O)NCC[C@H](O)C(=O)O)cc1. The number of hydrogen-bond acceptors (Lipinski definition) is 4. The minimum Gasteiger partial charge on any atom is -0.497 e. The van der Waals surface area contributed by atoms with Gasteiger partial charge < -0.3 is 25.6 Å². The van der Waals surface area contributed by atoms with Crippen molar-refractivity contribution in [2.45, 2.75) is 25.5 Å². The third kappa shape index (κ3) is 5.70. The number of nitrogens with one attached hydrogen (secondary N) is 2. The van der Waals surface area contributed by atoms with Gasteiger partial charge in [-0.2, -0.15) is 0 Å². The summed E-state index contributed by atoms with van der Waals surface area (Å²) in [6.45, 7) is 1.90. The molecule has 7 nitrogen and oxygen atoms in total. The lowest BCUT2D eigenvalue weighted by atomic mass is 10.1. The first-order valence-electron chi connectivity index (χ1n) is 6.53. The second-order valence-electron chi connectivity index (χ2n) is 4.54. The van der Waals surface area contributed by atoms with E-state index in [0.717, 1.165) is 11.3 Å². The summed E-state index contributed by atoms with van der Waals surface area (Å²) in [5.74, 6) is -0.568. The van der Waals surface area contributed by atoms with Crippen LogP contribution in [0.25, 0.3) is 0 Å². The van der Waals surface area contributed by atoms with Crippen LogP contribution >= 0.6 is 0 Å². The van der Waals surface area contributed by atoms with E-state index in [9.17, 15) is 9.59 Å². The highest BCUT2D eigenvalue weighted by atomic mass is 16.5. The molecule has 0 aromatic heterocycles. The van der Waals surface area contributed by atoms with E-state index >= 15 is 0 Å². The number of carbonyl (C=O) groups is 2. The molecule has 0 radical (unpaired) electrons. The van der Waals surface area contributed by atoms with E-state index in [1.54, 1.807) is 19.2 Å². The summed E-state index contributed by atoms with van der Waals surface area (Å²) in [7, 11) is 1.58. The maximum Gasteiger partial charge on any atom is 0.332 e. The number of carboxylic acids is 1. The quantitative estimate of drug-likeness (QED) is 0.597. The van der Waals surface area contributed by atoms with Crippen molar-refractivity contribution in [3.63, 3.8) is 0 Å². The molecule has 1 aromatic carbocycles. The van der Waals surface area contributed by atoms with Crippen LogP contribution in [-0.2, 0) is 4.79 Å². The van der Waals surface area contributed by atoms with Crippen molar-refractivity contribution in [3.8, 4) is 5.75 Å². The van der Waals surface area contributed by atoms with Crippen molar-refractivity contribution < 1.29 is 24.5 Å². The lowest BCUT2D eigenvalue weighted by molar-refractivity contribution is -0.146. The van der Waals surface area contributed by atoms with Gasteiger partial charge in [0, 0.05) is 13.0 Å². The molecule has 21 heavy (non-hydrogen) atoms. The first-order valence-corrected chi connectivity index (χ1v) is 6.53. The van der Waals surface area contributed by atoms with Gasteiger partial charge in [-0.1, -0.05) is 12.1 Å². The molecule has 0 spiro atoms. The van der Waals surface area contributed by atoms with Crippen LogP contribution in [0.1, 0.15) is 24.9 Å². The minimum atomic E-state index is -1.47. The fourth-order valence-electron chi connectivity index (χ4n) is 1.67. The number of aliphatic carboxylic acids is 1. The molecule has 2 amide bonds. The Bertz CT molecular complexity index is 475. The molecule has 1 unspecified atom stereocenters. The summed E-state index contributed by atoms with van der Waals surface area (Å²) in [5, 5.41) is 22.8. The molecule has 0 bridgehead atoms. The monoisotopic (exact) mass is 296 g/mol. The van der Waals surface area contributed by atoms with E-state index in [0.29, 0.717) is 0 Å². The fourth-order valence-corrected chi connectivity index (χ4v) is 1.67. The second-order valence-corrected chi connectivity index (χ2v) is 4.54. The first-order chi connectivity index (χ1) is 9.93. The number of carboxylic acid groups (broad SMARTS) is 1. The molecule has 1 rings (SSSR count). The van der Waals surface area contributed by atoms with Gasteiger partial charge in [0.05, 0.1) is 13.2 Å². The largest absolute Gasteiger partial charge is 0.497 e. The van der Waals surface area contributed by atoms with E-state index in [1.807, 2.05) is 19.1 Å². The van der Waals surface area contributed by atoms with Crippen LogP contribution in [0.5, 0.6) is 5.75 Å². The molecule has 0 saturated heterocycles. The fraction of sp³-hybridized carbons (Fsp3) is 0.429. The van der Waals surface area contributed by atoms with Crippen LogP contribution in [0.15, 0.2) is 24.3 Å². The van der Waals surface area contributed by atoms with Crippen molar-refractivity contribution in [1.29, 1.82) is 0 Å². The van der Waals surface area contributed by atoms with Crippen LogP contribution in [0.3, 0.4) is 0 Å². The Morgan fingerprint density at radius 3 is 2.43 bits per heavy atom. The number of rotatable bonds is 7. The molecule has 7 heteroatoms. The van der Waals surface area contributed by atoms with Gasteiger partial charge in [-0.15, -0.1) is 0 Å². The molecule has 0 saturated carbocycles. The summed E-state index contributed by atoms with van der Waals surface area (Å²) in [5.41, 5.74) is 0.913. The standard InChI is InChI=1S/C14H20N2O5/c1-9(10-3-5-11(21-2)6-4-10)16-14(20)15-8-7-12(17)13(18)19/h3-6,9,12,17H,7-8H2,1-2H3,(H,18,19)(H2,15,16,20)/t9?,12-/m0/s1. The number of benzene rings is 1.